The van der Waals surface area contributed by atoms with E-state index in [0.717, 1.165) is 36.6 Å². The summed E-state index contributed by atoms with van der Waals surface area (Å²) in [7, 11) is 2.12. The van der Waals surface area contributed by atoms with Crippen molar-refractivity contribution in [1.82, 2.24) is 15.1 Å². The minimum Gasteiger partial charge on any atom is -0.350 e. The number of nitrogens with zero attached hydrogens (tertiary/aromatic N) is 2. The highest BCUT2D eigenvalue weighted by Crippen LogP contribution is 2.33. The van der Waals surface area contributed by atoms with Gasteiger partial charge in [0.2, 0.25) is 5.91 Å². The Labute approximate surface area is 185 Å². The smallest absolute Gasteiger partial charge is 0.243 e. The Hall–Kier alpha value is -1.63. The standard InChI is InChI=1S/C22H23Cl2N3OS/c1-26-6-8-27(9-7-26)21(20-12-16-4-2-3-5-19(16)29-20)22(28)25-14-15-10-17(23)13-18(24)11-15/h2-5,10-13,21H,6-9,14H2,1H3,(H,25,28). The molecule has 4 nitrogen and oxygen atoms in total. The van der Waals surface area contributed by atoms with E-state index in [1.165, 1.54) is 10.1 Å². The minimum atomic E-state index is -0.296. The van der Waals surface area contributed by atoms with Crippen LogP contribution >= 0.6 is 34.5 Å². The molecule has 2 heterocycles. The Morgan fingerprint density at radius 3 is 2.45 bits per heavy atom. The largest absolute Gasteiger partial charge is 0.350 e. The molecule has 152 valence electrons. The number of hydrogen-bond donors (Lipinski definition) is 1. The summed E-state index contributed by atoms with van der Waals surface area (Å²) in [6, 6.07) is 15.5. The van der Waals surface area contributed by atoms with Gasteiger partial charge in [-0.2, -0.15) is 0 Å². The predicted octanol–water partition coefficient (Wildman–Crippen LogP) is 4.81. The van der Waals surface area contributed by atoms with Gasteiger partial charge in [-0.1, -0.05) is 41.4 Å². The first-order valence-corrected chi connectivity index (χ1v) is 11.2. The van der Waals surface area contributed by atoms with Gasteiger partial charge in [0.25, 0.3) is 0 Å². The minimum absolute atomic E-state index is 0.0113. The number of rotatable bonds is 5. The fourth-order valence-electron chi connectivity index (χ4n) is 3.69. The fraction of sp³-hybridized carbons (Fsp3) is 0.318. The number of nitrogens with one attached hydrogen (secondary N) is 1. The van der Waals surface area contributed by atoms with Crippen molar-refractivity contribution >= 4 is 50.5 Å². The Balaban J connectivity index is 1.57. The number of amides is 1. The lowest BCUT2D eigenvalue weighted by molar-refractivity contribution is -0.127. The molecule has 1 saturated heterocycles. The molecule has 7 heteroatoms. The van der Waals surface area contributed by atoms with Crippen molar-refractivity contribution in [2.45, 2.75) is 12.6 Å². The van der Waals surface area contributed by atoms with Gasteiger partial charge in [-0.15, -0.1) is 11.3 Å². The maximum absolute atomic E-state index is 13.3. The number of carbonyl (C=O) groups is 1. The van der Waals surface area contributed by atoms with Crippen LogP contribution in [0.3, 0.4) is 0 Å². The molecule has 0 radical (unpaired) electrons. The fourth-order valence-corrected chi connectivity index (χ4v) is 5.46. The zero-order chi connectivity index (χ0) is 20.4. The average Bonchev–Trinajstić information content (AvgIpc) is 3.11. The molecule has 1 unspecified atom stereocenters. The van der Waals surface area contributed by atoms with Crippen LogP contribution in [0.25, 0.3) is 10.1 Å². The lowest BCUT2D eigenvalue weighted by atomic mass is 10.1. The Morgan fingerprint density at radius 2 is 1.76 bits per heavy atom. The van der Waals surface area contributed by atoms with E-state index in [1.807, 2.05) is 24.3 Å². The quantitative estimate of drug-likeness (QED) is 0.609. The van der Waals surface area contributed by atoms with Crippen LogP contribution < -0.4 is 5.32 Å². The average molecular weight is 448 g/mol. The summed E-state index contributed by atoms with van der Waals surface area (Å²) in [6.07, 6.45) is 0. The maximum Gasteiger partial charge on any atom is 0.243 e. The van der Waals surface area contributed by atoms with Gasteiger partial charge < -0.3 is 10.2 Å². The molecule has 0 aliphatic carbocycles. The number of benzene rings is 2. The van der Waals surface area contributed by atoms with E-state index in [0.29, 0.717) is 16.6 Å². The van der Waals surface area contributed by atoms with Crippen LogP contribution in [-0.4, -0.2) is 48.9 Å². The third-order valence-corrected chi connectivity index (χ3v) is 6.86. The van der Waals surface area contributed by atoms with Crippen molar-refractivity contribution in [2.24, 2.45) is 0 Å². The summed E-state index contributed by atoms with van der Waals surface area (Å²) < 4.78 is 1.20. The van der Waals surface area contributed by atoms with Crippen LogP contribution in [0.15, 0.2) is 48.5 Å². The highest BCUT2D eigenvalue weighted by atomic mass is 35.5. The topological polar surface area (TPSA) is 35.6 Å². The summed E-state index contributed by atoms with van der Waals surface area (Å²) in [5.41, 5.74) is 0.893. The second-order valence-corrected chi connectivity index (χ2v) is 9.41. The number of piperazine rings is 1. The number of likely N-dealkylation sites (N-methyl/N-ethyl adjacent to an activating group) is 1. The maximum atomic E-state index is 13.3. The van der Waals surface area contributed by atoms with E-state index in [1.54, 1.807) is 17.4 Å². The molecule has 0 spiro atoms. The van der Waals surface area contributed by atoms with Gasteiger partial charge in [-0.3, -0.25) is 9.69 Å². The lowest BCUT2D eigenvalue weighted by Crippen LogP contribution is -2.49. The normalized spacial score (nSPS) is 16.8. The molecule has 1 amide bonds. The van der Waals surface area contributed by atoms with E-state index in [-0.39, 0.29) is 11.9 Å². The highest BCUT2D eigenvalue weighted by Gasteiger charge is 2.31. The van der Waals surface area contributed by atoms with Gasteiger partial charge in [0, 0.05) is 52.3 Å². The third kappa shape index (κ3) is 4.93. The van der Waals surface area contributed by atoms with Gasteiger partial charge in [-0.25, -0.2) is 0 Å². The van der Waals surface area contributed by atoms with Gasteiger partial charge in [-0.05, 0) is 48.3 Å². The van der Waals surface area contributed by atoms with E-state index < -0.39 is 0 Å². The Bertz CT molecular complexity index is 961. The van der Waals surface area contributed by atoms with Crippen LogP contribution in [0.1, 0.15) is 16.5 Å². The van der Waals surface area contributed by atoms with Gasteiger partial charge in [0.1, 0.15) is 6.04 Å². The summed E-state index contributed by atoms with van der Waals surface area (Å²) in [4.78, 5) is 19.0. The number of hydrogen-bond acceptors (Lipinski definition) is 4. The molecular weight excluding hydrogens is 425 g/mol. The van der Waals surface area contributed by atoms with Crippen molar-refractivity contribution in [3.05, 3.63) is 69.0 Å². The molecule has 1 aliphatic rings. The van der Waals surface area contributed by atoms with Crippen LogP contribution in [-0.2, 0) is 11.3 Å². The Morgan fingerprint density at radius 1 is 1.07 bits per heavy atom. The Kier molecular flexibility index (Phi) is 6.42. The van der Waals surface area contributed by atoms with E-state index in [9.17, 15) is 4.79 Å². The molecule has 1 atom stereocenters. The molecule has 2 aromatic carbocycles. The van der Waals surface area contributed by atoms with Crippen molar-refractivity contribution in [3.8, 4) is 0 Å². The summed E-state index contributed by atoms with van der Waals surface area (Å²) in [5.74, 6) is 0.0113. The monoisotopic (exact) mass is 447 g/mol. The predicted molar refractivity (Wildman–Crippen MR) is 122 cm³/mol. The number of halogens is 2. The molecule has 1 aliphatic heterocycles. The SMILES string of the molecule is CN1CCN(C(C(=O)NCc2cc(Cl)cc(Cl)c2)c2cc3ccccc3s2)CC1. The first kappa shape index (κ1) is 20.6. The van der Waals surface area contributed by atoms with Crippen molar-refractivity contribution in [3.63, 3.8) is 0 Å². The molecule has 1 N–H and O–H groups in total. The first-order valence-electron chi connectivity index (χ1n) is 9.63. The summed E-state index contributed by atoms with van der Waals surface area (Å²) in [6.45, 7) is 4.04. The zero-order valence-corrected chi connectivity index (χ0v) is 18.5. The zero-order valence-electron chi connectivity index (χ0n) is 16.2. The number of carbonyl (C=O) groups excluding carboxylic acids is 1. The van der Waals surface area contributed by atoms with Crippen LogP contribution in [0, 0.1) is 0 Å². The molecule has 4 rings (SSSR count). The molecule has 29 heavy (non-hydrogen) atoms. The molecule has 0 saturated carbocycles. The van der Waals surface area contributed by atoms with Crippen LogP contribution in [0.5, 0.6) is 0 Å². The van der Waals surface area contributed by atoms with E-state index in [4.69, 9.17) is 23.2 Å². The van der Waals surface area contributed by atoms with Crippen LogP contribution in [0.2, 0.25) is 10.0 Å². The number of fused-ring (bicyclic) bond motifs is 1. The van der Waals surface area contributed by atoms with Gasteiger partial charge >= 0.3 is 0 Å². The summed E-state index contributed by atoms with van der Waals surface area (Å²) >= 11 is 13.9. The molecule has 1 fully saturated rings. The van der Waals surface area contributed by atoms with Crippen molar-refractivity contribution < 1.29 is 4.79 Å². The van der Waals surface area contributed by atoms with Gasteiger partial charge in [0.15, 0.2) is 0 Å². The second kappa shape index (κ2) is 9.02. The lowest BCUT2D eigenvalue weighted by Gasteiger charge is -2.36. The molecular formula is C22H23Cl2N3OS. The highest BCUT2D eigenvalue weighted by molar-refractivity contribution is 7.19. The third-order valence-electron chi connectivity index (χ3n) is 5.25. The van der Waals surface area contributed by atoms with Crippen molar-refractivity contribution in [1.29, 1.82) is 0 Å². The second-order valence-electron chi connectivity index (χ2n) is 7.42. The van der Waals surface area contributed by atoms with Crippen LogP contribution in [0.4, 0.5) is 0 Å². The molecule has 0 bridgehead atoms. The summed E-state index contributed by atoms with van der Waals surface area (Å²) in [5, 5.41) is 5.42. The van der Waals surface area contributed by atoms with E-state index >= 15 is 0 Å². The molecule has 1 aromatic heterocycles. The first-order chi connectivity index (χ1) is 14.0. The van der Waals surface area contributed by atoms with E-state index in [2.05, 4.69) is 40.4 Å². The van der Waals surface area contributed by atoms with Crippen molar-refractivity contribution in [2.75, 3.05) is 33.2 Å². The molecule has 3 aromatic rings. The number of thiophene rings is 1. The van der Waals surface area contributed by atoms with Gasteiger partial charge in [0.05, 0.1) is 0 Å².